The van der Waals surface area contributed by atoms with Crippen molar-refractivity contribution in [2.24, 2.45) is 17.1 Å². The van der Waals surface area contributed by atoms with Gasteiger partial charge in [-0.3, -0.25) is 0 Å². The Balaban J connectivity index is 2.32. The smallest absolute Gasteiger partial charge is 0.0860 e. The third kappa shape index (κ3) is 2.42. The molecule has 1 aromatic carbocycles. The predicted molar refractivity (Wildman–Crippen MR) is 75.7 cm³/mol. The molecule has 1 fully saturated rings. The second kappa shape index (κ2) is 5.20. The number of hydrogen-bond donors (Lipinski definition) is 2. The summed E-state index contributed by atoms with van der Waals surface area (Å²) < 4.78 is 0. The normalized spacial score (nSPS) is 29.5. The zero-order valence-electron chi connectivity index (χ0n) is 11.1. The van der Waals surface area contributed by atoms with Crippen LogP contribution in [0.5, 0.6) is 0 Å². The third-order valence-electron chi connectivity index (χ3n) is 4.40. The predicted octanol–water partition coefficient (Wildman–Crippen LogP) is 3.45. The summed E-state index contributed by atoms with van der Waals surface area (Å²) in [5, 5.41) is 11.5. The standard InChI is InChI=1S/C15H22ClNO/c1-10-5-6-15(8-10,9-17)14(18)13-4-3-12(16)7-11(13)2/h3-4,7,10,14,18H,5-6,8-9,17H2,1-2H3. The molecule has 1 aromatic rings. The maximum Gasteiger partial charge on any atom is 0.0860 e. The average molecular weight is 268 g/mol. The number of aryl methyl sites for hydroxylation is 1. The Kier molecular flexibility index (Phi) is 4.00. The van der Waals surface area contributed by atoms with Crippen molar-refractivity contribution in [3.63, 3.8) is 0 Å². The minimum Gasteiger partial charge on any atom is -0.388 e. The van der Waals surface area contributed by atoms with Gasteiger partial charge in [-0.2, -0.15) is 0 Å². The summed E-state index contributed by atoms with van der Waals surface area (Å²) >= 11 is 5.97. The van der Waals surface area contributed by atoms with E-state index in [9.17, 15) is 5.11 Å². The van der Waals surface area contributed by atoms with E-state index >= 15 is 0 Å². The number of benzene rings is 1. The average Bonchev–Trinajstić information content (AvgIpc) is 2.71. The minimum absolute atomic E-state index is 0.155. The van der Waals surface area contributed by atoms with Gasteiger partial charge in [0.2, 0.25) is 0 Å². The van der Waals surface area contributed by atoms with Gasteiger partial charge in [0.25, 0.3) is 0 Å². The van der Waals surface area contributed by atoms with Crippen LogP contribution in [-0.4, -0.2) is 11.7 Å². The molecule has 0 heterocycles. The van der Waals surface area contributed by atoms with Crippen molar-refractivity contribution in [3.05, 3.63) is 34.3 Å². The lowest BCUT2D eigenvalue weighted by Crippen LogP contribution is -2.34. The Morgan fingerprint density at radius 3 is 2.78 bits per heavy atom. The van der Waals surface area contributed by atoms with Crippen molar-refractivity contribution < 1.29 is 5.11 Å². The molecule has 2 nitrogen and oxygen atoms in total. The summed E-state index contributed by atoms with van der Waals surface area (Å²) in [5.74, 6) is 0.649. The SMILES string of the molecule is Cc1cc(Cl)ccc1C(O)C1(CN)CCC(C)C1. The van der Waals surface area contributed by atoms with Crippen molar-refractivity contribution in [1.29, 1.82) is 0 Å². The zero-order chi connectivity index (χ0) is 13.3. The molecule has 3 atom stereocenters. The van der Waals surface area contributed by atoms with Gasteiger partial charge in [-0.1, -0.05) is 31.0 Å². The van der Waals surface area contributed by atoms with Gasteiger partial charge >= 0.3 is 0 Å². The highest BCUT2D eigenvalue weighted by atomic mass is 35.5. The van der Waals surface area contributed by atoms with Gasteiger partial charge in [-0.15, -0.1) is 0 Å². The van der Waals surface area contributed by atoms with E-state index in [1.165, 1.54) is 0 Å². The number of rotatable bonds is 3. The molecule has 100 valence electrons. The quantitative estimate of drug-likeness (QED) is 0.881. The Morgan fingerprint density at radius 2 is 2.28 bits per heavy atom. The summed E-state index contributed by atoms with van der Waals surface area (Å²) in [6.45, 7) is 4.77. The van der Waals surface area contributed by atoms with Crippen LogP contribution < -0.4 is 5.73 Å². The first kappa shape index (κ1) is 13.9. The van der Waals surface area contributed by atoms with E-state index in [4.69, 9.17) is 17.3 Å². The van der Waals surface area contributed by atoms with E-state index in [0.29, 0.717) is 17.5 Å². The molecule has 0 spiro atoms. The first-order chi connectivity index (χ1) is 8.48. The highest BCUT2D eigenvalue weighted by molar-refractivity contribution is 6.30. The van der Waals surface area contributed by atoms with Crippen molar-refractivity contribution in [3.8, 4) is 0 Å². The van der Waals surface area contributed by atoms with Gasteiger partial charge in [0, 0.05) is 17.0 Å². The van der Waals surface area contributed by atoms with Crippen LogP contribution in [0.25, 0.3) is 0 Å². The van der Waals surface area contributed by atoms with Crippen molar-refractivity contribution in [1.82, 2.24) is 0 Å². The molecule has 0 radical (unpaired) electrons. The summed E-state index contributed by atoms with van der Waals surface area (Å²) in [7, 11) is 0. The van der Waals surface area contributed by atoms with Crippen LogP contribution >= 0.6 is 11.6 Å². The molecule has 1 aliphatic carbocycles. The fourth-order valence-electron chi connectivity index (χ4n) is 3.25. The van der Waals surface area contributed by atoms with Crippen LogP contribution in [0, 0.1) is 18.3 Å². The Labute approximate surface area is 114 Å². The fourth-order valence-corrected chi connectivity index (χ4v) is 3.48. The van der Waals surface area contributed by atoms with Crippen molar-refractivity contribution in [2.75, 3.05) is 6.54 Å². The Hall–Kier alpha value is -0.570. The minimum atomic E-state index is -0.482. The molecule has 0 amide bonds. The molecule has 3 N–H and O–H groups in total. The summed E-state index contributed by atoms with van der Waals surface area (Å²) in [6.07, 6.45) is 2.69. The van der Waals surface area contributed by atoms with Gasteiger partial charge in [-0.05, 0) is 48.9 Å². The highest BCUT2D eigenvalue weighted by Gasteiger charge is 2.43. The second-order valence-electron chi connectivity index (χ2n) is 5.82. The number of aliphatic hydroxyl groups is 1. The van der Waals surface area contributed by atoms with Gasteiger partial charge in [0.15, 0.2) is 0 Å². The monoisotopic (exact) mass is 267 g/mol. The molecule has 3 unspecified atom stereocenters. The van der Waals surface area contributed by atoms with E-state index in [1.54, 1.807) is 0 Å². The van der Waals surface area contributed by atoms with Crippen molar-refractivity contribution in [2.45, 2.75) is 39.2 Å². The molecule has 0 aromatic heterocycles. The molecule has 0 bridgehead atoms. The Morgan fingerprint density at radius 1 is 1.56 bits per heavy atom. The first-order valence-electron chi connectivity index (χ1n) is 6.63. The van der Waals surface area contributed by atoms with E-state index in [-0.39, 0.29) is 5.41 Å². The van der Waals surface area contributed by atoms with E-state index in [0.717, 1.165) is 30.4 Å². The highest BCUT2D eigenvalue weighted by Crippen LogP contribution is 2.49. The lowest BCUT2D eigenvalue weighted by molar-refractivity contribution is 0.0303. The van der Waals surface area contributed by atoms with Crippen LogP contribution in [0.1, 0.15) is 43.4 Å². The van der Waals surface area contributed by atoms with E-state index < -0.39 is 6.10 Å². The zero-order valence-corrected chi connectivity index (χ0v) is 11.9. The number of hydrogen-bond acceptors (Lipinski definition) is 2. The molecule has 1 saturated carbocycles. The first-order valence-corrected chi connectivity index (χ1v) is 7.00. The third-order valence-corrected chi connectivity index (χ3v) is 4.64. The van der Waals surface area contributed by atoms with Crippen LogP contribution in [0.3, 0.4) is 0 Å². The largest absolute Gasteiger partial charge is 0.388 e. The van der Waals surface area contributed by atoms with Gasteiger partial charge < -0.3 is 10.8 Å². The van der Waals surface area contributed by atoms with Crippen LogP contribution in [0.2, 0.25) is 5.02 Å². The molecule has 1 aliphatic rings. The van der Waals surface area contributed by atoms with Crippen LogP contribution in [0.4, 0.5) is 0 Å². The molecule has 0 aliphatic heterocycles. The van der Waals surface area contributed by atoms with Gasteiger partial charge in [-0.25, -0.2) is 0 Å². The number of aliphatic hydroxyl groups excluding tert-OH is 1. The summed E-state index contributed by atoms with van der Waals surface area (Å²) in [5.41, 5.74) is 7.82. The number of halogens is 1. The maximum absolute atomic E-state index is 10.7. The van der Waals surface area contributed by atoms with Gasteiger partial charge in [0.1, 0.15) is 0 Å². The van der Waals surface area contributed by atoms with E-state index in [2.05, 4.69) is 6.92 Å². The molecule has 18 heavy (non-hydrogen) atoms. The van der Waals surface area contributed by atoms with Crippen molar-refractivity contribution >= 4 is 11.6 Å². The Bertz CT molecular complexity index is 435. The van der Waals surface area contributed by atoms with Crippen LogP contribution in [0.15, 0.2) is 18.2 Å². The summed E-state index contributed by atoms with van der Waals surface area (Å²) in [6, 6.07) is 5.68. The molecular formula is C15H22ClNO. The van der Waals surface area contributed by atoms with Crippen LogP contribution in [-0.2, 0) is 0 Å². The second-order valence-corrected chi connectivity index (χ2v) is 6.25. The van der Waals surface area contributed by atoms with Gasteiger partial charge in [0.05, 0.1) is 6.10 Å². The molecule has 0 saturated heterocycles. The van der Waals surface area contributed by atoms with E-state index in [1.807, 2.05) is 25.1 Å². The summed E-state index contributed by atoms with van der Waals surface area (Å²) in [4.78, 5) is 0. The molecule has 3 heteroatoms. The maximum atomic E-state index is 10.7. The fraction of sp³-hybridized carbons (Fsp3) is 0.600. The molecule has 2 rings (SSSR count). The number of nitrogens with two attached hydrogens (primary N) is 1. The lowest BCUT2D eigenvalue weighted by atomic mass is 9.76. The lowest BCUT2D eigenvalue weighted by Gasteiger charge is -2.34. The topological polar surface area (TPSA) is 46.2 Å². The molecular weight excluding hydrogens is 246 g/mol.